The highest BCUT2D eigenvalue weighted by Gasteiger charge is 2.20. The number of nitrogens with zero attached hydrogens (tertiary/aromatic N) is 3. The van der Waals surface area contributed by atoms with E-state index in [-0.39, 0.29) is 5.84 Å². The van der Waals surface area contributed by atoms with E-state index < -0.39 is 0 Å². The minimum Gasteiger partial charge on any atom is -0.384 e. The lowest BCUT2D eigenvalue weighted by Crippen LogP contribution is -2.37. The third kappa shape index (κ3) is 3.67. The molecule has 0 spiro atoms. The van der Waals surface area contributed by atoms with Crippen LogP contribution in [-0.4, -0.2) is 49.4 Å². The number of aromatic nitrogens is 1. The first-order valence-electron chi connectivity index (χ1n) is 6.76. The lowest BCUT2D eigenvalue weighted by Gasteiger charge is -2.34. The van der Waals surface area contributed by atoms with Crippen molar-refractivity contribution in [3.63, 3.8) is 0 Å². The molecule has 0 amide bonds. The summed E-state index contributed by atoms with van der Waals surface area (Å²) in [5, 5.41) is 7.36. The number of pyridine rings is 1. The van der Waals surface area contributed by atoms with Crippen molar-refractivity contribution in [2.24, 2.45) is 11.7 Å². The summed E-state index contributed by atoms with van der Waals surface area (Å²) >= 11 is 0. The molecule has 1 aliphatic heterocycles. The van der Waals surface area contributed by atoms with Gasteiger partial charge in [-0.15, -0.1) is 0 Å². The molecule has 1 saturated heterocycles. The van der Waals surface area contributed by atoms with Crippen LogP contribution in [0.4, 0.5) is 5.82 Å². The molecular weight excluding hydrogens is 238 g/mol. The summed E-state index contributed by atoms with van der Waals surface area (Å²) in [5.74, 6) is 1.86. The maximum atomic E-state index is 7.36. The van der Waals surface area contributed by atoms with Gasteiger partial charge < -0.3 is 15.5 Å². The Bertz CT molecular complexity index is 418. The Morgan fingerprint density at radius 3 is 2.58 bits per heavy atom. The molecule has 1 fully saturated rings. The number of amidine groups is 1. The molecule has 2 rings (SSSR count). The molecule has 1 aromatic rings. The lowest BCUT2D eigenvalue weighted by atomic mass is 9.96. The first kappa shape index (κ1) is 13.8. The summed E-state index contributed by atoms with van der Waals surface area (Å²) in [6.07, 6.45) is 4.12. The summed E-state index contributed by atoms with van der Waals surface area (Å²) in [6.45, 7) is 3.29. The first-order valence-corrected chi connectivity index (χ1v) is 6.76. The van der Waals surface area contributed by atoms with Crippen LogP contribution in [0.1, 0.15) is 18.4 Å². The van der Waals surface area contributed by atoms with Gasteiger partial charge in [0.2, 0.25) is 0 Å². The second-order valence-corrected chi connectivity index (χ2v) is 5.51. The number of hydrogen-bond acceptors (Lipinski definition) is 4. The predicted molar refractivity (Wildman–Crippen MR) is 78.7 cm³/mol. The fourth-order valence-corrected chi connectivity index (χ4v) is 2.59. The fourth-order valence-electron chi connectivity index (χ4n) is 2.59. The molecule has 19 heavy (non-hydrogen) atoms. The summed E-state index contributed by atoms with van der Waals surface area (Å²) in [6, 6.07) is 3.83. The van der Waals surface area contributed by atoms with Gasteiger partial charge in [-0.2, -0.15) is 0 Å². The Morgan fingerprint density at radius 2 is 2.11 bits per heavy atom. The van der Waals surface area contributed by atoms with E-state index in [9.17, 15) is 0 Å². The molecule has 5 nitrogen and oxygen atoms in total. The third-order valence-electron chi connectivity index (χ3n) is 3.62. The van der Waals surface area contributed by atoms with Gasteiger partial charge in [-0.3, -0.25) is 5.41 Å². The molecular formula is C14H23N5. The monoisotopic (exact) mass is 261 g/mol. The maximum absolute atomic E-state index is 7.36. The molecule has 5 heteroatoms. The zero-order chi connectivity index (χ0) is 13.8. The van der Waals surface area contributed by atoms with E-state index >= 15 is 0 Å². The molecule has 0 bridgehead atoms. The van der Waals surface area contributed by atoms with Crippen molar-refractivity contribution >= 4 is 11.7 Å². The van der Waals surface area contributed by atoms with E-state index in [2.05, 4.69) is 28.9 Å². The molecule has 0 unspecified atom stereocenters. The van der Waals surface area contributed by atoms with Gasteiger partial charge in [0, 0.05) is 31.4 Å². The fraction of sp³-hybridized carbons (Fsp3) is 0.571. The van der Waals surface area contributed by atoms with Crippen LogP contribution in [0.3, 0.4) is 0 Å². The average molecular weight is 261 g/mol. The minimum atomic E-state index is 0.0729. The third-order valence-corrected chi connectivity index (χ3v) is 3.62. The molecule has 0 aromatic carbocycles. The molecule has 104 valence electrons. The van der Waals surface area contributed by atoms with E-state index in [0.29, 0.717) is 5.56 Å². The van der Waals surface area contributed by atoms with Crippen molar-refractivity contribution in [1.29, 1.82) is 5.41 Å². The van der Waals surface area contributed by atoms with Crippen LogP contribution in [0.5, 0.6) is 0 Å². The summed E-state index contributed by atoms with van der Waals surface area (Å²) in [5.41, 5.74) is 6.12. The number of piperidine rings is 1. The number of rotatable bonds is 4. The van der Waals surface area contributed by atoms with Crippen molar-refractivity contribution in [1.82, 2.24) is 9.88 Å². The van der Waals surface area contributed by atoms with Gasteiger partial charge in [0.25, 0.3) is 0 Å². The van der Waals surface area contributed by atoms with Crippen LogP contribution in [0, 0.1) is 11.3 Å². The molecule has 3 N–H and O–H groups in total. The van der Waals surface area contributed by atoms with Gasteiger partial charge in [0.1, 0.15) is 11.7 Å². The minimum absolute atomic E-state index is 0.0729. The average Bonchev–Trinajstić information content (AvgIpc) is 2.39. The predicted octanol–water partition coefficient (Wildman–Crippen LogP) is 1.14. The van der Waals surface area contributed by atoms with E-state index in [0.717, 1.165) is 24.8 Å². The molecule has 2 heterocycles. The van der Waals surface area contributed by atoms with Gasteiger partial charge in [0.15, 0.2) is 0 Å². The second-order valence-electron chi connectivity index (χ2n) is 5.51. The lowest BCUT2D eigenvalue weighted by molar-refractivity contribution is 0.284. The molecule has 0 radical (unpaired) electrons. The van der Waals surface area contributed by atoms with Crippen molar-refractivity contribution in [3.05, 3.63) is 23.9 Å². The van der Waals surface area contributed by atoms with Crippen molar-refractivity contribution in [2.45, 2.75) is 12.8 Å². The molecule has 0 saturated carbocycles. The van der Waals surface area contributed by atoms with Crippen LogP contribution >= 0.6 is 0 Å². The van der Waals surface area contributed by atoms with Gasteiger partial charge in [-0.05, 0) is 45.0 Å². The Morgan fingerprint density at radius 1 is 1.42 bits per heavy atom. The highest BCUT2D eigenvalue weighted by atomic mass is 15.2. The second kappa shape index (κ2) is 6.02. The van der Waals surface area contributed by atoms with Crippen LogP contribution < -0.4 is 10.6 Å². The summed E-state index contributed by atoms with van der Waals surface area (Å²) in [7, 11) is 4.27. The van der Waals surface area contributed by atoms with Crippen molar-refractivity contribution in [3.8, 4) is 0 Å². The Labute approximate surface area is 114 Å². The highest BCUT2D eigenvalue weighted by molar-refractivity contribution is 5.94. The van der Waals surface area contributed by atoms with Crippen molar-refractivity contribution in [2.75, 3.05) is 38.6 Å². The summed E-state index contributed by atoms with van der Waals surface area (Å²) < 4.78 is 0. The number of hydrogen-bond donors (Lipinski definition) is 2. The summed E-state index contributed by atoms with van der Waals surface area (Å²) in [4.78, 5) is 8.98. The van der Waals surface area contributed by atoms with Gasteiger partial charge >= 0.3 is 0 Å². The van der Waals surface area contributed by atoms with Crippen LogP contribution in [-0.2, 0) is 0 Å². The maximum Gasteiger partial charge on any atom is 0.128 e. The normalized spacial score (nSPS) is 16.9. The topological polar surface area (TPSA) is 69.2 Å². The number of nitrogens with two attached hydrogens (primary N) is 1. The Kier molecular flexibility index (Phi) is 4.37. The number of nitrogen functional groups attached to an aromatic ring is 1. The molecule has 1 aliphatic rings. The number of nitrogens with one attached hydrogen (secondary N) is 1. The standard InChI is InChI=1S/C14H23N5/c1-18(2)10-11-5-7-19(8-6-11)13-4-3-12(9-17-13)14(15)16/h3-4,9,11H,5-8,10H2,1-2H3,(H3,15,16). The largest absolute Gasteiger partial charge is 0.384 e. The SMILES string of the molecule is CN(C)CC1CCN(c2ccc(C(=N)N)cn2)CC1. The molecule has 0 atom stereocenters. The van der Waals surface area contributed by atoms with E-state index in [1.165, 1.54) is 19.4 Å². The zero-order valence-corrected chi connectivity index (χ0v) is 11.8. The van der Waals surface area contributed by atoms with Crippen LogP contribution in [0.2, 0.25) is 0 Å². The van der Waals surface area contributed by atoms with Crippen molar-refractivity contribution < 1.29 is 0 Å². The van der Waals surface area contributed by atoms with E-state index in [4.69, 9.17) is 11.1 Å². The quantitative estimate of drug-likeness (QED) is 0.630. The van der Waals surface area contributed by atoms with Crippen LogP contribution in [0.15, 0.2) is 18.3 Å². The Balaban J connectivity index is 1.92. The van der Waals surface area contributed by atoms with Crippen LogP contribution in [0.25, 0.3) is 0 Å². The first-order chi connectivity index (χ1) is 9.06. The smallest absolute Gasteiger partial charge is 0.128 e. The van der Waals surface area contributed by atoms with Gasteiger partial charge in [0.05, 0.1) is 0 Å². The van der Waals surface area contributed by atoms with E-state index in [1.807, 2.05) is 12.1 Å². The van der Waals surface area contributed by atoms with Gasteiger partial charge in [-0.25, -0.2) is 4.98 Å². The number of anilines is 1. The Hall–Kier alpha value is -1.62. The highest BCUT2D eigenvalue weighted by Crippen LogP contribution is 2.22. The molecule has 0 aliphatic carbocycles. The van der Waals surface area contributed by atoms with Gasteiger partial charge in [-0.1, -0.05) is 0 Å². The van der Waals surface area contributed by atoms with E-state index in [1.54, 1.807) is 6.20 Å². The zero-order valence-electron chi connectivity index (χ0n) is 11.8. The molecule has 1 aromatic heterocycles.